The molecule has 4 rings (SSSR count). The largest absolute Gasteiger partial charge is 0.277 e. The highest BCUT2D eigenvalue weighted by molar-refractivity contribution is 5.89. The van der Waals surface area contributed by atoms with Crippen molar-refractivity contribution in [2.75, 3.05) is 0 Å². The van der Waals surface area contributed by atoms with Gasteiger partial charge in [0.05, 0.1) is 18.1 Å². The number of tetrazole rings is 1. The van der Waals surface area contributed by atoms with Gasteiger partial charge in [0.1, 0.15) is 12.4 Å². The molecule has 0 aliphatic heterocycles. The third kappa shape index (κ3) is 4.27. The van der Waals surface area contributed by atoms with Crippen molar-refractivity contribution in [1.82, 2.24) is 35.8 Å². The molecule has 0 atom stereocenters. The van der Waals surface area contributed by atoms with Crippen LogP contribution in [0.2, 0.25) is 0 Å². The molecule has 0 spiro atoms. The lowest BCUT2D eigenvalue weighted by Crippen LogP contribution is -2.24. The highest BCUT2D eigenvalue weighted by Gasteiger charge is 2.11. The van der Waals surface area contributed by atoms with Gasteiger partial charge in [0, 0.05) is 16.7 Å². The van der Waals surface area contributed by atoms with E-state index in [4.69, 9.17) is 0 Å². The summed E-state index contributed by atoms with van der Waals surface area (Å²) in [4.78, 5) is 13.3. The summed E-state index contributed by atoms with van der Waals surface area (Å²) in [7, 11) is 0. The van der Waals surface area contributed by atoms with E-state index in [9.17, 15) is 9.18 Å². The van der Waals surface area contributed by atoms with Crippen LogP contribution in [0.5, 0.6) is 0 Å². The quantitative estimate of drug-likeness (QED) is 0.378. The summed E-state index contributed by atoms with van der Waals surface area (Å²) in [6.07, 6.45) is 3.01. The number of halogens is 1. The van der Waals surface area contributed by atoms with Gasteiger partial charge in [0.15, 0.2) is 0 Å². The Bertz CT molecular complexity index is 1200. The third-order valence-corrected chi connectivity index (χ3v) is 4.32. The number of nitrogens with one attached hydrogen (secondary N) is 2. The number of aromatic nitrogens is 6. The SMILES string of the molecule is Cc1ccccc1-c1nnn(CC(=O)N/N=C/c2cn[nH]c2-c2ccc(F)cc2)n1. The topological polar surface area (TPSA) is 114 Å². The van der Waals surface area contributed by atoms with E-state index < -0.39 is 5.91 Å². The van der Waals surface area contributed by atoms with Crippen molar-refractivity contribution in [3.05, 3.63) is 71.7 Å². The molecule has 9 nitrogen and oxygen atoms in total. The highest BCUT2D eigenvalue weighted by atomic mass is 19.1. The molecule has 2 aromatic carbocycles. The van der Waals surface area contributed by atoms with E-state index >= 15 is 0 Å². The maximum absolute atomic E-state index is 13.1. The average molecular weight is 404 g/mol. The minimum absolute atomic E-state index is 0.133. The molecule has 2 heterocycles. The van der Waals surface area contributed by atoms with E-state index in [1.165, 1.54) is 23.1 Å². The Morgan fingerprint density at radius 1 is 1.23 bits per heavy atom. The summed E-state index contributed by atoms with van der Waals surface area (Å²) in [5, 5.41) is 22.9. The predicted octanol–water partition coefficient (Wildman–Crippen LogP) is 2.33. The van der Waals surface area contributed by atoms with Crippen molar-refractivity contribution in [3.63, 3.8) is 0 Å². The lowest BCUT2D eigenvalue weighted by Gasteiger charge is -2.00. The molecule has 2 N–H and O–H groups in total. The second-order valence-corrected chi connectivity index (χ2v) is 6.46. The summed E-state index contributed by atoms with van der Waals surface area (Å²) in [5.41, 5.74) is 6.34. The van der Waals surface area contributed by atoms with E-state index in [1.54, 1.807) is 18.3 Å². The van der Waals surface area contributed by atoms with Crippen molar-refractivity contribution in [1.29, 1.82) is 0 Å². The summed E-state index contributed by atoms with van der Waals surface area (Å²) in [5.74, 6) is -0.286. The zero-order valence-electron chi connectivity index (χ0n) is 16.0. The van der Waals surface area contributed by atoms with Crippen LogP contribution in [0, 0.1) is 12.7 Å². The van der Waals surface area contributed by atoms with Crippen LogP contribution in [0.15, 0.2) is 59.8 Å². The molecular weight excluding hydrogens is 387 g/mol. The minimum atomic E-state index is -0.410. The second-order valence-electron chi connectivity index (χ2n) is 6.46. The standard InChI is InChI=1S/C20H17FN8O/c1-13-4-2-3-5-17(13)20-26-28-29(27-20)12-18(30)24-22-10-15-11-23-25-19(15)14-6-8-16(21)9-7-14/h2-11H,12H2,1H3,(H,23,25)(H,24,30)/b22-10+. The molecule has 0 aliphatic rings. The molecule has 30 heavy (non-hydrogen) atoms. The number of hydrogen-bond donors (Lipinski definition) is 2. The van der Waals surface area contributed by atoms with Gasteiger partial charge in [-0.15, -0.1) is 10.2 Å². The van der Waals surface area contributed by atoms with Crippen LogP contribution in [0.4, 0.5) is 4.39 Å². The van der Waals surface area contributed by atoms with Gasteiger partial charge >= 0.3 is 0 Å². The summed E-state index contributed by atoms with van der Waals surface area (Å²) in [6, 6.07) is 13.6. The molecule has 1 amide bonds. The lowest BCUT2D eigenvalue weighted by molar-refractivity contribution is -0.122. The Hall–Kier alpha value is -4.21. The molecule has 0 fully saturated rings. The molecule has 0 saturated heterocycles. The van der Waals surface area contributed by atoms with E-state index in [1.807, 2.05) is 31.2 Å². The van der Waals surface area contributed by atoms with Gasteiger partial charge in [-0.2, -0.15) is 15.0 Å². The van der Waals surface area contributed by atoms with Crippen LogP contribution < -0.4 is 5.43 Å². The van der Waals surface area contributed by atoms with Gasteiger partial charge in [0.2, 0.25) is 5.82 Å². The first-order chi connectivity index (χ1) is 14.6. The first kappa shape index (κ1) is 19.1. The number of amides is 1. The van der Waals surface area contributed by atoms with Crippen LogP contribution in [0.1, 0.15) is 11.1 Å². The fourth-order valence-electron chi connectivity index (χ4n) is 2.82. The maximum Gasteiger partial charge on any atom is 0.263 e. The monoisotopic (exact) mass is 404 g/mol. The number of aryl methyl sites for hydroxylation is 1. The van der Waals surface area contributed by atoms with Crippen molar-refractivity contribution < 1.29 is 9.18 Å². The van der Waals surface area contributed by atoms with Crippen molar-refractivity contribution >= 4 is 12.1 Å². The number of aromatic amines is 1. The summed E-state index contributed by atoms with van der Waals surface area (Å²) in [6.45, 7) is 1.82. The van der Waals surface area contributed by atoms with Gasteiger partial charge in [0.25, 0.3) is 5.91 Å². The highest BCUT2D eigenvalue weighted by Crippen LogP contribution is 2.20. The fraction of sp³-hybridized carbons (Fsp3) is 0.100. The molecule has 150 valence electrons. The van der Waals surface area contributed by atoms with E-state index in [2.05, 4.69) is 36.1 Å². The van der Waals surface area contributed by atoms with Crippen LogP contribution in [-0.4, -0.2) is 42.5 Å². The predicted molar refractivity (Wildman–Crippen MR) is 108 cm³/mol. The zero-order chi connectivity index (χ0) is 20.9. The normalized spacial score (nSPS) is 11.1. The van der Waals surface area contributed by atoms with Gasteiger partial charge in [-0.25, -0.2) is 9.82 Å². The Balaban J connectivity index is 1.38. The molecular formula is C20H17FN8O. The first-order valence-corrected chi connectivity index (χ1v) is 9.05. The van der Waals surface area contributed by atoms with E-state index in [0.717, 1.165) is 16.7 Å². The number of hydrazone groups is 1. The number of benzene rings is 2. The van der Waals surface area contributed by atoms with Crippen LogP contribution in [0.3, 0.4) is 0 Å². The van der Waals surface area contributed by atoms with Crippen LogP contribution in [0.25, 0.3) is 22.6 Å². The maximum atomic E-state index is 13.1. The smallest absolute Gasteiger partial charge is 0.263 e. The van der Waals surface area contributed by atoms with Crippen molar-refractivity contribution in [2.24, 2.45) is 5.10 Å². The van der Waals surface area contributed by atoms with E-state index in [-0.39, 0.29) is 12.4 Å². The number of carbonyl (C=O) groups is 1. The number of carbonyl (C=O) groups excluding carboxylic acids is 1. The van der Waals surface area contributed by atoms with Gasteiger partial charge in [-0.1, -0.05) is 24.3 Å². The van der Waals surface area contributed by atoms with Gasteiger partial charge in [-0.05, 0) is 42.0 Å². The molecule has 0 aliphatic carbocycles. The van der Waals surface area contributed by atoms with Crippen LogP contribution in [-0.2, 0) is 11.3 Å². The molecule has 4 aromatic rings. The Kier molecular flexibility index (Phi) is 5.37. The van der Waals surface area contributed by atoms with E-state index in [0.29, 0.717) is 17.1 Å². The number of nitrogens with zero attached hydrogens (tertiary/aromatic N) is 6. The first-order valence-electron chi connectivity index (χ1n) is 9.05. The van der Waals surface area contributed by atoms with Gasteiger partial charge in [-0.3, -0.25) is 9.89 Å². The van der Waals surface area contributed by atoms with Crippen LogP contribution >= 0.6 is 0 Å². The molecule has 0 saturated carbocycles. The Morgan fingerprint density at radius 2 is 2.03 bits per heavy atom. The molecule has 0 unspecified atom stereocenters. The number of H-pyrrole nitrogens is 1. The average Bonchev–Trinajstić information content (AvgIpc) is 3.39. The third-order valence-electron chi connectivity index (χ3n) is 4.32. The van der Waals surface area contributed by atoms with Crippen molar-refractivity contribution in [2.45, 2.75) is 13.5 Å². The molecule has 10 heteroatoms. The fourth-order valence-corrected chi connectivity index (χ4v) is 2.82. The summed E-state index contributed by atoms with van der Waals surface area (Å²) < 4.78 is 13.1. The molecule has 0 radical (unpaired) electrons. The lowest BCUT2D eigenvalue weighted by atomic mass is 10.1. The second kappa shape index (κ2) is 8.43. The van der Waals surface area contributed by atoms with Gasteiger partial charge < -0.3 is 0 Å². The number of hydrogen-bond acceptors (Lipinski definition) is 6. The molecule has 0 bridgehead atoms. The Morgan fingerprint density at radius 3 is 2.83 bits per heavy atom. The Labute approximate surface area is 170 Å². The minimum Gasteiger partial charge on any atom is -0.277 e. The van der Waals surface area contributed by atoms with Crippen molar-refractivity contribution in [3.8, 4) is 22.6 Å². The number of rotatable bonds is 6. The zero-order valence-corrected chi connectivity index (χ0v) is 16.0. The molecule has 2 aromatic heterocycles. The summed E-state index contributed by atoms with van der Waals surface area (Å²) >= 11 is 0.